The molecule has 112 valence electrons. The number of esters is 1. The Kier molecular flexibility index (Phi) is 5.88. The summed E-state index contributed by atoms with van der Waals surface area (Å²) in [6, 6.07) is 7.77. The second-order valence-corrected chi connectivity index (χ2v) is 8.57. The van der Waals surface area contributed by atoms with Crippen molar-refractivity contribution in [3.8, 4) is 0 Å². The SMILES string of the molecule is COC(=O)c1cc(Br)cc(Br)c1NC(C)c1ccc(Br)s1. The topological polar surface area (TPSA) is 38.3 Å². The zero-order valence-electron chi connectivity index (χ0n) is 11.2. The number of anilines is 1. The van der Waals surface area contributed by atoms with E-state index in [2.05, 4.69) is 59.2 Å². The Balaban J connectivity index is 2.36. The van der Waals surface area contributed by atoms with Gasteiger partial charge < -0.3 is 10.1 Å². The van der Waals surface area contributed by atoms with Crippen molar-refractivity contribution < 1.29 is 9.53 Å². The highest BCUT2D eigenvalue weighted by atomic mass is 79.9. The minimum absolute atomic E-state index is 0.0715. The first-order valence-corrected chi connectivity index (χ1v) is 9.21. The quantitative estimate of drug-likeness (QED) is 0.527. The van der Waals surface area contributed by atoms with E-state index in [1.807, 2.05) is 19.1 Å². The molecule has 1 N–H and O–H groups in total. The van der Waals surface area contributed by atoms with E-state index in [-0.39, 0.29) is 12.0 Å². The van der Waals surface area contributed by atoms with Crippen LogP contribution in [0.4, 0.5) is 5.69 Å². The number of halogens is 3. The van der Waals surface area contributed by atoms with E-state index in [1.165, 1.54) is 12.0 Å². The number of benzene rings is 1. The maximum atomic E-state index is 12.0. The second kappa shape index (κ2) is 7.26. The monoisotopic (exact) mass is 495 g/mol. The number of carbonyl (C=O) groups excluding carboxylic acids is 1. The van der Waals surface area contributed by atoms with Crippen molar-refractivity contribution in [1.82, 2.24) is 0 Å². The summed E-state index contributed by atoms with van der Waals surface area (Å²) in [4.78, 5) is 13.1. The number of hydrogen-bond donors (Lipinski definition) is 1. The summed E-state index contributed by atoms with van der Waals surface area (Å²) in [6.45, 7) is 2.05. The number of thiophene rings is 1. The van der Waals surface area contributed by atoms with Gasteiger partial charge >= 0.3 is 5.97 Å². The average Bonchev–Trinajstić information content (AvgIpc) is 2.87. The van der Waals surface area contributed by atoms with E-state index in [0.29, 0.717) is 5.56 Å². The first kappa shape index (κ1) is 17.0. The predicted octanol–water partition coefficient (Wildman–Crippen LogP) is 6.00. The Hall–Kier alpha value is -0.370. The van der Waals surface area contributed by atoms with E-state index in [4.69, 9.17) is 4.74 Å². The molecule has 0 aliphatic rings. The maximum Gasteiger partial charge on any atom is 0.340 e. The average molecular weight is 498 g/mol. The van der Waals surface area contributed by atoms with E-state index in [0.717, 1.165) is 18.4 Å². The normalized spacial score (nSPS) is 12.0. The molecule has 7 heteroatoms. The predicted molar refractivity (Wildman–Crippen MR) is 97.2 cm³/mol. The molecule has 2 rings (SSSR count). The molecule has 0 aliphatic carbocycles. The molecule has 0 fully saturated rings. The van der Waals surface area contributed by atoms with Crippen molar-refractivity contribution in [2.75, 3.05) is 12.4 Å². The van der Waals surface area contributed by atoms with Gasteiger partial charge in [-0.05, 0) is 63.0 Å². The van der Waals surface area contributed by atoms with Crippen molar-refractivity contribution in [2.24, 2.45) is 0 Å². The maximum absolute atomic E-state index is 12.0. The van der Waals surface area contributed by atoms with Crippen LogP contribution in [0.1, 0.15) is 28.2 Å². The number of ether oxygens (including phenoxy) is 1. The smallest absolute Gasteiger partial charge is 0.340 e. The molecule has 0 saturated heterocycles. The summed E-state index contributed by atoms with van der Waals surface area (Å²) >= 11 is 12.0. The summed E-state index contributed by atoms with van der Waals surface area (Å²) in [5.74, 6) is -0.376. The highest BCUT2D eigenvalue weighted by Crippen LogP contribution is 2.35. The number of nitrogens with one attached hydrogen (secondary N) is 1. The lowest BCUT2D eigenvalue weighted by atomic mass is 10.1. The number of rotatable bonds is 4. The molecule has 0 radical (unpaired) electrons. The van der Waals surface area contributed by atoms with Crippen molar-refractivity contribution in [1.29, 1.82) is 0 Å². The van der Waals surface area contributed by atoms with E-state index in [9.17, 15) is 4.79 Å². The Morgan fingerprint density at radius 1 is 1.29 bits per heavy atom. The van der Waals surface area contributed by atoms with Crippen LogP contribution in [0.2, 0.25) is 0 Å². The second-order valence-electron chi connectivity index (χ2n) is 4.31. The molecular weight excluding hydrogens is 486 g/mol. The lowest BCUT2D eigenvalue weighted by Gasteiger charge is -2.18. The molecule has 0 bridgehead atoms. The van der Waals surface area contributed by atoms with Crippen molar-refractivity contribution in [2.45, 2.75) is 13.0 Å². The number of methoxy groups -OCH3 is 1. The van der Waals surface area contributed by atoms with Crippen molar-refractivity contribution in [3.63, 3.8) is 0 Å². The molecule has 1 aromatic heterocycles. The van der Waals surface area contributed by atoms with Crippen LogP contribution in [0.5, 0.6) is 0 Å². The minimum atomic E-state index is -0.376. The Bertz CT molecular complexity index is 672. The van der Waals surface area contributed by atoms with Gasteiger partial charge in [-0.25, -0.2) is 4.79 Å². The van der Waals surface area contributed by atoms with Gasteiger partial charge in [-0.3, -0.25) is 0 Å². The lowest BCUT2D eigenvalue weighted by Crippen LogP contribution is -2.11. The van der Waals surface area contributed by atoms with Crippen LogP contribution in [0.25, 0.3) is 0 Å². The van der Waals surface area contributed by atoms with Gasteiger partial charge in [0, 0.05) is 13.8 Å². The third-order valence-electron chi connectivity index (χ3n) is 2.84. The van der Waals surface area contributed by atoms with Gasteiger partial charge in [0.15, 0.2) is 0 Å². The van der Waals surface area contributed by atoms with Gasteiger partial charge in [0.25, 0.3) is 0 Å². The van der Waals surface area contributed by atoms with Crippen molar-refractivity contribution in [3.05, 3.63) is 47.4 Å². The molecule has 21 heavy (non-hydrogen) atoms. The zero-order valence-corrected chi connectivity index (χ0v) is 16.8. The number of carbonyl (C=O) groups is 1. The summed E-state index contributed by atoms with van der Waals surface area (Å²) in [6.07, 6.45) is 0. The van der Waals surface area contributed by atoms with Crippen molar-refractivity contribution >= 4 is 70.8 Å². The summed E-state index contributed by atoms with van der Waals surface area (Å²) in [7, 11) is 1.38. The van der Waals surface area contributed by atoms with E-state index >= 15 is 0 Å². The van der Waals surface area contributed by atoms with Crippen LogP contribution in [0, 0.1) is 0 Å². The van der Waals surface area contributed by atoms with Gasteiger partial charge in [-0.1, -0.05) is 15.9 Å². The number of hydrogen-bond acceptors (Lipinski definition) is 4. The Labute approximate surface area is 152 Å². The molecule has 1 atom stereocenters. The highest BCUT2D eigenvalue weighted by Gasteiger charge is 2.18. The van der Waals surface area contributed by atoms with E-state index in [1.54, 1.807) is 17.4 Å². The first-order valence-electron chi connectivity index (χ1n) is 6.01. The molecule has 1 heterocycles. The molecule has 0 amide bonds. The summed E-state index contributed by atoms with van der Waals surface area (Å²) < 4.78 is 7.55. The lowest BCUT2D eigenvalue weighted by molar-refractivity contribution is 0.0601. The largest absolute Gasteiger partial charge is 0.465 e. The molecule has 0 spiro atoms. The third kappa shape index (κ3) is 4.09. The fourth-order valence-electron chi connectivity index (χ4n) is 1.84. The highest BCUT2D eigenvalue weighted by molar-refractivity contribution is 9.11. The van der Waals surface area contributed by atoms with Gasteiger partial charge in [-0.15, -0.1) is 11.3 Å². The van der Waals surface area contributed by atoms with Gasteiger partial charge in [0.05, 0.1) is 28.2 Å². The Morgan fingerprint density at radius 3 is 2.57 bits per heavy atom. The Morgan fingerprint density at radius 2 is 2.00 bits per heavy atom. The molecule has 1 unspecified atom stereocenters. The third-order valence-corrected chi connectivity index (χ3v) is 5.73. The van der Waals surface area contributed by atoms with Crippen LogP contribution in [-0.2, 0) is 4.74 Å². The van der Waals surface area contributed by atoms with Gasteiger partial charge in [0.1, 0.15) is 0 Å². The first-order chi connectivity index (χ1) is 9.92. The molecule has 2 aromatic rings. The van der Waals surface area contributed by atoms with E-state index < -0.39 is 0 Å². The molecule has 1 aromatic carbocycles. The summed E-state index contributed by atoms with van der Waals surface area (Å²) in [5, 5.41) is 3.37. The molecular formula is C14H12Br3NO2S. The molecule has 0 saturated carbocycles. The standard InChI is InChI=1S/C14H12Br3NO2S/c1-7(11-3-4-12(17)21-11)18-13-9(14(19)20-2)5-8(15)6-10(13)16/h3-7,18H,1-2H3. The molecule has 3 nitrogen and oxygen atoms in total. The fourth-order valence-corrected chi connectivity index (χ4v) is 4.61. The molecule has 0 aliphatic heterocycles. The van der Waals surface area contributed by atoms with Crippen LogP contribution in [0.15, 0.2) is 37.0 Å². The minimum Gasteiger partial charge on any atom is -0.465 e. The van der Waals surface area contributed by atoms with Gasteiger partial charge in [-0.2, -0.15) is 0 Å². The fraction of sp³-hybridized carbons (Fsp3) is 0.214. The van der Waals surface area contributed by atoms with Crippen LogP contribution in [0.3, 0.4) is 0 Å². The van der Waals surface area contributed by atoms with Gasteiger partial charge in [0.2, 0.25) is 0 Å². The van der Waals surface area contributed by atoms with Crippen LogP contribution < -0.4 is 5.32 Å². The van der Waals surface area contributed by atoms with Crippen LogP contribution in [-0.4, -0.2) is 13.1 Å². The van der Waals surface area contributed by atoms with Crippen LogP contribution >= 0.6 is 59.1 Å². The zero-order chi connectivity index (χ0) is 15.6. The summed E-state index contributed by atoms with van der Waals surface area (Å²) in [5.41, 5.74) is 1.21.